The molecule has 0 spiro atoms. The van der Waals surface area contributed by atoms with Gasteiger partial charge in [0.05, 0.1) is 0 Å². The standard InChI is InChI=1S/C13H26N2/c1-10(2)12-9-15(11(3)8-14-12)13(4)6-5-7-13/h10-12,14H,5-9H2,1-4H3. The normalized spacial score (nSPS) is 36.6. The maximum Gasteiger partial charge on any atom is 0.0218 e. The molecule has 2 unspecified atom stereocenters. The number of hydrogen-bond donors (Lipinski definition) is 1. The lowest BCUT2D eigenvalue weighted by Gasteiger charge is -2.54. The highest BCUT2D eigenvalue weighted by Crippen LogP contribution is 2.39. The molecule has 2 fully saturated rings. The summed E-state index contributed by atoms with van der Waals surface area (Å²) < 4.78 is 0. The molecule has 1 aliphatic carbocycles. The van der Waals surface area contributed by atoms with E-state index in [4.69, 9.17) is 0 Å². The van der Waals surface area contributed by atoms with Crippen LogP contribution in [0.1, 0.15) is 47.0 Å². The third-order valence-corrected chi connectivity index (χ3v) is 4.53. The summed E-state index contributed by atoms with van der Waals surface area (Å²) in [7, 11) is 0. The van der Waals surface area contributed by atoms with Gasteiger partial charge in [0, 0.05) is 30.7 Å². The number of nitrogens with zero attached hydrogens (tertiary/aromatic N) is 1. The number of piperazine rings is 1. The Kier molecular flexibility index (Phi) is 3.09. The van der Waals surface area contributed by atoms with Crippen LogP contribution < -0.4 is 5.32 Å². The van der Waals surface area contributed by atoms with Gasteiger partial charge in [0.1, 0.15) is 0 Å². The lowest BCUT2D eigenvalue weighted by molar-refractivity contribution is -0.0277. The molecule has 2 heteroatoms. The van der Waals surface area contributed by atoms with E-state index in [1.54, 1.807) is 0 Å². The topological polar surface area (TPSA) is 15.3 Å². The van der Waals surface area contributed by atoms with E-state index >= 15 is 0 Å². The third-order valence-electron chi connectivity index (χ3n) is 4.53. The summed E-state index contributed by atoms with van der Waals surface area (Å²) in [5.41, 5.74) is 0.522. The van der Waals surface area contributed by atoms with Crippen molar-refractivity contribution in [2.75, 3.05) is 13.1 Å². The fraction of sp³-hybridized carbons (Fsp3) is 1.00. The van der Waals surface area contributed by atoms with E-state index in [9.17, 15) is 0 Å². The maximum absolute atomic E-state index is 3.68. The van der Waals surface area contributed by atoms with Gasteiger partial charge in [0.25, 0.3) is 0 Å². The molecule has 1 saturated heterocycles. The van der Waals surface area contributed by atoms with Gasteiger partial charge in [-0.25, -0.2) is 0 Å². The van der Waals surface area contributed by atoms with Crippen LogP contribution in [0.5, 0.6) is 0 Å². The van der Waals surface area contributed by atoms with Crippen molar-refractivity contribution in [1.29, 1.82) is 0 Å². The summed E-state index contributed by atoms with van der Waals surface area (Å²) in [5, 5.41) is 3.68. The molecule has 2 rings (SSSR count). The van der Waals surface area contributed by atoms with Crippen molar-refractivity contribution in [2.45, 2.75) is 64.6 Å². The van der Waals surface area contributed by atoms with Crippen LogP contribution in [0, 0.1) is 5.92 Å². The Balaban J connectivity index is 2.02. The van der Waals surface area contributed by atoms with Crippen LogP contribution in [0.15, 0.2) is 0 Å². The van der Waals surface area contributed by atoms with Crippen molar-refractivity contribution in [3.63, 3.8) is 0 Å². The molecule has 2 aliphatic rings. The fourth-order valence-electron chi connectivity index (χ4n) is 3.06. The molecule has 0 amide bonds. The smallest absolute Gasteiger partial charge is 0.0218 e. The Morgan fingerprint density at radius 1 is 1.33 bits per heavy atom. The first-order valence-electron chi connectivity index (χ1n) is 6.53. The van der Waals surface area contributed by atoms with Gasteiger partial charge in [0.15, 0.2) is 0 Å². The highest BCUT2D eigenvalue weighted by atomic mass is 15.3. The molecular formula is C13H26N2. The van der Waals surface area contributed by atoms with E-state index in [2.05, 4.69) is 37.9 Å². The fourth-order valence-corrected chi connectivity index (χ4v) is 3.06. The van der Waals surface area contributed by atoms with Crippen LogP contribution >= 0.6 is 0 Å². The van der Waals surface area contributed by atoms with E-state index in [0.29, 0.717) is 17.6 Å². The van der Waals surface area contributed by atoms with E-state index in [1.807, 2.05) is 0 Å². The zero-order chi connectivity index (χ0) is 11.1. The quantitative estimate of drug-likeness (QED) is 0.752. The van der Waals surface area contributed by atoms with E-state index in [0.717, 1.165) is 5.92 Å². The molecule has 88 valence electrons. The molecule has 1 aliphatic heterocycles. The van der Waals surface area contributed by atoms with Gasteiger partial charge in [-0.2, -0.15) is 0 Å². The second-order valence-corrected chi connectivity index (χ2v) is 6.11. The molecular weight excluding hydrogens is 184 g/mol. The third kappa shape index (κ3) is 2.07. The zero-order valence-corrected chi connectivity index (χ0v) is 10.7. The first-order valence-corrected chi connectivity index (χ1v) is 6.53. The molecule has 0 aromatic heterocycles. The first kappa shape index (κ1) is 11.4. The van der Waals surface area contributed by atoms with Crippen LogP contribution in [-0.4, -0.2) is 35.6 Å². The van der Waals surface area contributed by atoms with Gasteiger partial charge in [-0.3, -0.25) is 4.90 Å². The average molecular weight is 210 g/mol. The lowest BCUT2D eigenvalue weighted by Crippen LogP contribution is -2.65. The van der Waals surface area contributed by atoms with Gasteiger partial charge in [-0.15, -0.1) is 0 Å². The second kappa shape index (κ2) is 4.06. The summed E-state index contributed by atoms with van der Waals surface area (Å²) in [4.78, 5) is 2.76. The first-order chi connectivity index (χ1) is 7.03. The van der Waals surface area contributed by atoms with Crippen molar-refractivity contribution in [1.82, 2.24) is 10.2 Å². The molecule has 0 radical (unpaired) electrons. The van der Waals surface area contributed by atoms with Crippen molar-refractivity contribution >= 4 is 0 Å². The molecule has 2 atom stereocenters. The Morgan fingerprint density at radius 2 is 2.00 bits per heavy atom. The monoisotopic (exact) mass is 210 g/mol. The van der Waals surface area contributed by atoms with E-state index < -0.39 is 0 Å². The van der Waals surface area contributed by atoms with Crippen molar-refractivity contribution in [3.8, 4) is 0 Å². The number of nitrogens with one attached hydrogen (secondary N) is 1. The Hall–Kier alpha value is -0.0800. The molecule has 0 bridgehead atoms. The minimum atomic E-state index is 0.522. The molecule has 0 aromatic carbocycles. The summed E-state index contributed by atoms with van der Waals surface area (Å²) >= 11 is 0. The van der Waals surface area contributed by atoms with Gasteiger partial charge in [0.2, 0.25) is 0 Å². The van der Waals surface area contributed by atoms with Crippen molar-refractivity contribution in [3.05, 3.63) is 0 Å². The molecule has 1 N–H and O–H groups in total. The number of rotatable bonds is 2. The summed E-state index contributed by atoms with van der Waals surface area (Å²) in [6.07, 6.45) is 4.24. The van der Waals surface area contributed by atoms with E-state index in [1.165, 1.54) is 32.4 Å². The number of hydrogen-bond acceptors (Lipinski definition) is 2. The highest BCUT2D eigenvalue weighted by molar-refractivity contribution is 5.00. The second-order valence-electron chi connectivity index (χ2n) is 6.11. The summed E-state index contributed by atoms with van der Waals surface area (Å²) in [5.74, 6) is 0.753. The lowest BCUT2D eigenvalue weighted by atomic mass is 9.75. The van der Waals surface area contributed by atoms with Crippen LogP contribution in [0.4, 0.5) is 0 Å². The molecule has 0 aromatic rings. The molecule has 2 nitrogen and oxygen atoms in total. The molecule has 1 saturated carbocycles. The van der Waals surface area contributed by atoms with Crippen molar-refractivity contribution in [2.24, 2.45) is 5.92 Å². The summed E-state index contributed by atoms with van der Waals surface area (Å²) in [6, 6.07) is 1.41. The van der Waals surface area contributed by atoms with Crippen molar-refractivity contribution < 1.29 is 0 Å². The summed E-state index contributed by atoms with van der Waals surface area (Å²) in [6.45, 7) is 11.9. The van der Waals surface area contributed by atoms with Gasteiger partial charge in [-0.1, -0.05) is 13.8 Å². The minimum Gasteiger partial charge on any atom is -0.311 e. The Labute approximate surface area is 94.4 Å². The highest BCUT2D eigenvalue weighted by Gasteiger charge is 2.42. The predicted octanol–water partition coefficient (Wildman–Crippen LogP) is 2.25. The van der Waals surface area contributed by atoms with Crippen LogP contribution in [-0.2, 0) is 0 Å². The van der Waals surface area contributed by atoms with Gasteiger partial charge < -0.3 is 5.32 Å². The van der Waals surface area contributed by atoms with Crippen LogP contribution in [0.2, 0.25) is 0 Å². The Bertz CT molecular complexity index is 221. The maximum atomic E-state index is 3.68. The van der Waals surface area contributed by atoms with Gasteiger partial charge >= 0.3 is 0 Å². The van der Waals surface area contributed by atoms with Crippen LogP contribution in [0.25, 0.3) is 0 Å². The van der Waals surface area contributed by atoms with Crippen LogP contribution in [0.3, 0.4) is 0 Å². The largest absolute Gasteiger partial charge is 0.311 e. The average Bonchev–Trinajstić information content (AvgIpc) is 2.14. The van der Waals surface area contributed by atoms with E-state index in [-0.39, 0.29) is 0 Å². The SMILES string of the molecule is CC(C)C1CN(C2(C)CCC2)C(C)CN1. The minimum absolute atomic E-state index is 0.522. The predicted molar refractivity (Wildman–Crippen MR) is 65.1 cm³/mol. The van der Waals surface area contributed by atoms with Gasteiger partial charge in [-0.05, 0) is 39.0 Å². The molecule has 1 heterocycles. The molecule has 15 heavy (non-hydrogen) atoms. The Morgan fingerprint density at radius 3 is 2.47 bits per heavy atom. The zero-order valence-electron chi connectivity index (χ0n) is 10.7.